The molecule has 19 heavy (non-hydrogen) atoms. The summed E-state index contributed by atoms with van der Waals surface area (Å²) in [5.41, 5.74) is 0. The highest BCUT2D eigenvalue weighted by Crippen LogP contribution is 2.03. The fourth-order valence-corrected chi connectivity index (χ4v) is 2.14. The van der Waals surface area contributed by atoms with Crippen LogP contribution in [0.25, 0.3) is 0 Å². The molecular formula is C13H23N3O3. The summed E-state index contributed by atoms with van der Waals surface area (Å²) < 4.78 is 5.28. The van der Waals surface area contributed by atoms with Gasteiger partial charge in [0.1, 0.15) is 0 Å². The predicted molar refractivity (Wildman–Crippen MR) is 70.7 cm³/mol. The molecular weight excluding hydrogens is 246 g/mol. The van der Waals surface area contributed by atoms with Crippen LogP contribution in [-0.2, 0) is 9.53 Å². The van der Waals surface area contributed by atoms with Crippen molar-refractivity contribution < 1.29 is 14.6 Å². The van der Waals surface area contributed by atoms with Gasteiger partial charge in [-0.3, -0.25) is 14.6 Å². The highest BCUT2D eigenvalue weighted by atomic mass is 16.5. The van der Waals surface area contributed by atoms with Crippen LogP contribution in [0.5, 0.6) is 0 Å². The van der Waals surface area contributed by atoms with E-state index in [1.165, 1.54) is 0 Å². The molecule has 0 amide bonds. The monoisotopic (exact) mass is 269 g/mol. The molecule has 1 atom stereocenters. The van der Waals surface area contributed by atoms with Gasteiger partial charge in [-0.15, -0.1) is 0 Å². The van der Waals surface area contributed by atoms with Crippen molar-refractivity contribution in [1.29, 1.82) is 5.26 Å². The van der Waals surface area contributed by atoms with Crippen molar-refractivity contribution in [2.45, 2.75) is 13.3 Å². The number of nitrogens with zero attached hydrogens (tertiary/aromatic N) is 3. The molecule has 0 aromatic rings. The summed E-state index contributed by atoms with van der Waals surface area (Å²) in [6, 6.07) is 2.10. The lowest BCUT2D eigenvalue weighted by Crippen LogP contribution is -2.39. The Balaban J connectivity index is 2.24. The summed E-state index contributed by atoms with van der Waals surface area (Å²) in [6.45, 7) is 7.65. The molecule has 0 saturated carbocycles. The molecule has 1 fully saturated rings. The molecule has 6 heteroatoms. The minimum absolute atomic E-state index is 0.292. The zero-order chi connectivity index (χ0) is 14.1. The van der Waals surface area contributed by atoms with Gasteiger partial charge in [0.05, 0.1) is 31.7 Å². The lowest BCUT2D eigenvalue weighted by atomic mass is 10.1. The van der Waals surface area contributed by atoms with Gasteiger partial charge in [-0.05, 0) is 13.0 Å². The van der Waals surface area contributed by atoms with E-state index in [4.69, 9.17) is 15.1 Å². The van der Waals surface area contributed by atoms with Crippen molar-refractivity contribution in [3.8, 4) is 6.07 Å². The zero-order valence-corrected chi connectivity index (χ0v) is 11.5. The standard InChI is InChI=1S/C13H23N3O3/c1-12(13(17)18)11-16(6-3-14)5-2-4-15-7-9-19-10-8-15/h12H,2,4-11H2,1H3,(H,17,18). The van der Waals surface area contributed by atoms with Crippen LogP contribution in [0.4, 0.5) is 0 Å². The van der Waals surface area contributed by atoms with Gasteiger partial charge in [0.2, 0.25) is 0 Å². The maximum absolute atomic E-state index is 10.8. The Morgan fingerprint density at radius 1 is 1.53 bits per heavy atom. The van der Waals surface area contributed by atoms with Crippen molar-refractivity contribution in [2.24, 2.45) is 5.92 Å². The number of aliphatic carboxylic acids is 1. The number of carbonyl (C=O) groups is 1. The first kappa shape index (κ1) is 15.9. The number of hydrogen-bond acceptors (Lipinski definition) is 5. The molecule has 1 unspecified atom stereocenters. The first-order valence-corrected chi connectivity index (χ1v) is 6.75. The third-order valence-electron chi connectivity index (χ3n) is 3.30. The summed E-state index contributed by atoms with van der Waals surface area (Å²) in [7, 11) is 0. The van der Waals surface area contributed by atoms with Crippen molar-refractivity contribution in [1.82, 2.24) is 9.80 Å². The van der Waals surface area contributed by atoms with Crippen LogP contribution >= 0.6 is 0 Å². The first-order chi connectivity index (χ1) is 9.13. The van der Waals surface area contributed by atoms with E-state index in [2.05, 4.69) is 11.0 Å². The molecule has 0 spiro atoms. The molecule has 0 radical (unpaired) electrons. The van der Waals surface area contributed by atoms with Crippen LogP contribution in [0.3, 0.4) is 0 Å². The average molecular weight is 269 g/mol. The number of carboxylic acid groups (broad SMARTS) is 1. The van der Waals surface area contributed by atoms with Gasteiger partial charge >= 0.3 is 5.97 Å². The van der Waals surface area contributed by atoms with Crippen LogP contribution in [0.1, 0.15) is 13.3 Å². The van der Waals surface area contributed by atoms with Crippen LogP contribution in [-0.4, -0.2) is 73.4 Å². The minimum Gasteiger partial charge on any atom is -0.481 e. The third kappa shape index (κ3) is 6.53. The number of rotatable bonds is 8. The van der Waals surface area contributed by atoms with E-state index in [9.17, 15) is 4.79 Å². The maximum Gasteiger partial charge on any atom is 0.307 e. The molecule has 108 valence electrons. The van der Waals surface area contributed by atoms with E-state index < -0.39 is 11.9 Å². The van der Waals surface area contributed by atoms with Gasteiger partial charge in [-0.25, -0.2) is 0 Å². The van der Waals surface area contributed by atoms with Crippen molar-refractivity contribution in [2.75, 3.05) is 52.5 Å². The van der Waals surface area contributed by atoms with Crippen LogP contribution < -0.4 is 0 Å². The maximum atomic E-state index is 10.8. The topological polar surface area (TPSA) is 76.8 Å². The van der Waals surface area contributed by atoms with E-state index in [1.807, 2.05) is 4.90 Å². The number of nitriles is 1. The normalized spacial score (nSPS) is 18.2. The third-order valence-corrected chi connectivity index (χ3v) is 3.30. The van der Waals surface area contributed by atoms with E-state index in [1.54, 1.807) is 6.92 Å². The van der Waals surface area contributed by atoms with Crippen molar-refractivity contribution in [3.63, 3.8) is 0 Å². The highest BCUT2D eigenvalue weighted by Gasteiger charge is 2.16. The second-order valence-corrected chi connectivity index (χ2v) is 4.94. The lowest BCUT2D eigenvalue weighted by Gasteiger charge is -2.28. The van der Waals surface area contributed by atoms with Crippen LogP contribution in [0.15, 0.2) is 0 Å². The molecule has 6 nitrogen and oxygen atoms in total. The molecule has 1 saturated heterocycles. The van der Waals surface area contributed by atoms with E-state index >= 15 is 0 Å². The number of ether oxygens (including phenoxy) is 1. The molecule has 0 aliphatic carbocycles. The molecule has 1 aliphatic heterocycles. The summed E-state index contributed by atoms with van der Waals surface area (Å²) in [4.78, 5) is 15.1. The predicted octanol–water partition coefficient (Wildman–Crippen LogP) is 0.255. The number of hydrogen-bond donors (Lipinski definition) is 1. The van der Waals surface area contributed by atoms with Gasteiger partial charge < -0.3 is 9.84 Å². The van der Waals surface area contributed by atoms with E-state index in [-0.39, 0.29) is 0 Å². The minimum atomic E-state index is -0.809. The van der Waals surface area contributed by atoms with E-state index in [0.29, 0.717) is 13.1 Å². The Kier molecular flexibility index (Phi) is 7.41. The molecule has 0 aromatic heterocycles. The van der Waals surface area contributed by atoms with Crippen LogP contribution in [0.2, 0.25) is 0 Å². The Bertz CT molecular complexity index is 311. The van der Waals surface area contributed by atoms with E-state index in [0.717, 1.165) is 45.8 Å². The molecule has 1 aliphatic rings. The first-order valence-electron chi connectivity index (χ1n) is 6.75. The Morgan fingerprint density at radius 2 is 2.21 bits per heavy atom. The number of carboxylic acids is 1. The van der Waals surface area contributed by atoms with Gasteiger partial charge in [0.25, 0.3) is 0 Å². The van der Waals surface area contributed by atoms with Gasteiger partial charge in [0, 0.05) is 26.2 Å². The molecule has 1 heterocycles. The largest absolute Gasteiger partial charge is 0.481 e. The molecule has 0 bridgehead atoms. The fourth-order valence-electron chi connectivity index (χ4n) is 2.14. The SMILES string of the molecule is CC(CN(CC#N)CCCN1CCOCC1)C(=O)O. The fraction of sp³-hybridized carbons (Fsp3) is 0.846. The lowest BCUT2D eigenvalue weighted by molar-refractivity contribution is -0.141. The second-order valence-electron chi connectivity index (χ2n) is 4.94. The van der Waals surface area contributed by atoms with Gasteiger partial charge in [0.15, 0.2) is 0 Å². The highest BCUT2D eigenvalue weighted by molar-refractivity contribution is 5.69. The average Bonchev–Trinajstić information content (AvgIpc) is 2.40. The summed E-state index contributed by atoms with van der Waals surface area (Å²) in [5.74, 6) is -1.24. The molecule has 0 aromatic carbocycles. The van der Waals surface area contributed by atoms with Crippen molar-refractivity contribution in [3.05, 3.63) is 0 Å². The van der Waals surface area contributed by atoms with Crippen LogP contribution in [0, 0.1) is 17.2 Å². The Labute approximate surface area is 114 Å². The zero-order valence-electron chi connectivity index (χ0n) is 11.5. The van der Waals surface area contributed by atoms with Gasteiger partial charge in [-0.1, -0.05) is 6.92 Å². The Morgan fingerprint density at radius 3 is 2.79 bits per heavy atom. The molecule has 1 N–H and O–H groups in total. The quantitative estimate of drug-likeness (QED) is 0.637. The second kappa shape index (κ2) is 8.86. The smallest absolute Gasteiger partial charge is 0.307 e. The Hall–Kier alpha value is -1.16. The molecule has 1 rings (SSSR count). The number of morpholine rings is 1. The summed E-state index contributed by atoms with van der Waals surface area (Å²) in [5, 5.41) is 17.7. The van der Waals surface area contributed by atoms with Gasteiger partial charge in [-0.2, -0.15) is 5.26 Å². The van der Waals surface area contributed by atoms with Crippen molar-refractivity contribution >= 4 is 5.97 Å². The summed E-state index contributed by atoms with van der Waals surface area (Å²) >= 11 is 0. The summed E-state index contributed by atoms with van der Waals surface area (Å²) in [6.07, 6.45) is 0.952.